The summed E-state index contributed by atoms with van der Waals surface area (Å²) in [6.07, 6.45) is 0.266. The summed E-state index contributed by atoms with van der Waals surface area (Å²) in [5, 5.41) is 14.9. The van der Waals surface area contributed by atoms with Gasteiger partial charge in [0, 0.05) is 13.0 Å². The van der Waals surface area contributed by atoms with Crippen molar-refractivity contribution >= 4 is 18.0 Å². The van der Waals surface area contributed by atoms with E-state index in [1.54, 1.807) is 6.92 Å². The molecule has 0 saturated heterocycles. The normalized spacial score (nSPS) is 17.3. The van der Waals surface area contributed by atoms with E-state index in [9.17, 15) is 19.5 Å². The van der Waals surface area contributed by atoms with Gasteiger partial charge in [-0.25, -0.2) is 9.59 Å². The first-order chi connectivity index (χ1) is 15.9. The third kappa shape index (κ3) is 4.18. The van der Waals surface area contributed by atoms with Crippen molar-refractivity contribution in [2.75, 3.05) is 20.3 Å². The van der Waals surface area contributed by atoms with Gasteiger partial charge in [-0.05, 0) is 41.5 Å². The molecule has 3 N–H and O–H groups in total. The molecule has 33 heavy (non-hydrogen) atoms. The second-order valence-electron chi connectivity index (χ2n) is 8.66. The number of aliphatic carboxylic acids is 1. The van der Waals surface area contributed by atoms with Crippen LogP contribution in [0.2, 0.25) is 0 Å². The number of carboxylic acid groups (broad SMARTS) is 1. The number of nitrogens with one attached hydrogen (secondary N) is 2. The van der Waals surface area contributed by atoms with Crippen LogP contribution in [-0.4, -0.2) is 54.5 Å². The number of fused-ring (bicyclic) bond motifs is 3. The van der Waals surface area contributed by atoms with Crippen molar-refractivity contribution in [3.05, 3.63) is 59.7 Å². The summed E-state index contributed by atoms with van der Waals surface area (Å²) >= 11 is 0. The first-order valence-electron chi connectivity index (χ1n) is 11.0. The zero-order valence-corrected chi connectivity index (χ0v) is 18.7. The standard InChI is InChI=1S/C25H28N2O6/c1-3-24(15-32-2,22(29)30)26-21(28)25(12-13-25)27-23(31)33-14-20-18-10-6-4-8-16(18)17-9-5-7-11-19(17)20/h4-11,20H,3,12-15H2,1-2H3,(H,26,28)(H,27,31)(H,29,30). The molecular weight excluding hydrogens is 424 g/mol. The number of amides is 2. The van der Waals surface area contributed by atoms with E-state index in [2.05, 4.69) is 22.8 Å². The lowest BCUT2D eigenvalue weighted by molar-refractivity contribution is -0.151. The highest BCUT2D eigenvalue weighted by atomic mass is 16.5. The molecule has 174 valence electrons. The van der Waals surface area contributed by atoms with Crippen LogP contribution >= 0.6 is 0 Å². The molecule has 2 aliphatic carbocycles. The second kappa shape index (κ2) is 8.86. The summed E-state index contributed by atoms with van der Waals surface area (Å²) in [7, 11) is 1.38. The van der Waals surface area contributed by atoms with Crippen LogP contribution in [0.25, 0.3) is 11.1 Å². The Kier molecular flexibility index (Phi) is 6.12. The van der Waals surface area contributed by atoms with Crippen molar-refractivity contribution in [3.8, 4) is 11.1 Å². The van der Waals surface area contributed by atoms with Crippen LogP contribution in [0, 0.1) is 0 Å². The minimum atomic E-state index is -1.55. The van der Waals surface area contributed by atoms with Gasteiger partial charge in [0.15, 0.2) is 5.54 Å². The molecule has 2 aromatic carbocycles. The molecule has 2 amide bonds. The number of ether oxygens (including phenoxy) is 2. The fraction of sp³-hybridized carbons (Fsp3) is 0.400. The van der Waals surface area contributed by atoms with Crippen LogP contribution in [-0.2, 0) is 19.1 Å². The number of rotatable bonds is 9. The smallest absolute Gasteiger partial charge is 0.408 e. The van der Waals surface area contributed by atoms with Crippen molar-refractivity contribution in [3.63, 3.8) is 0 Å². The van der Waals surface area contributed by atoms with Gasteiger partial charge in [-0.1, -0.05) is 55.5 Å². The average Bonchev–Trinajstić information content (AvgIpc) is 3.52. The van der Waals surface area contributed by atoms with Gasteiger partial charge in [0.25, 0.3) is 0 Å². The number of benzene rings is 2. The van der Waals surface area contributed by atoms with Gasteiger partial charge in [-0.15, -0.1) is 0 Å². The topological polar surface area (TPSA) is 114 Å². The lowest BCUT2D eigenvalue weighted by Gasteiger charge is -2.30. The molecular formula is C25H28N2O6. The van der Waals surface area contributed by atoms with E-state index >= 15 is 0 Å². The van der Waals surface area contributed by atoms with E-state index < -0.39 is 29.0 Å². The minimum Gasteiger partial charge on any atom is -0.479 e. The van der Waals surface area contributed by atoms with Gasteiger partial charge in [0.1, 0.15) is 12.1 Å². The fourth-order valence-electron chi connectivity index (χ4n) is 4.44. The van der Waals surface area contributed by atoms with Gasteiger partial charge in [0.05, 0.1) is 6.61 Å². The van der Waals surface area contributed by atoms with E-state index in [0.29, 0.717) is 12.8 Å². The summed E-state index contributed by atoms with van der Waals surface area (Å²) in [6, 6.07) is 16.1. The Morgan fingerprint density at radius 2 is 1.64 bits per heavy atom. The predicted octanol–water partition coefficient (Wildman–Crippen LogP) is 3.05. The van der Waals surface area contributed by atoms with Gasteiger partial charge in [-0.2, -0.15) is 0 Å². The SMILES string of the molecule is CCC(COC)(NC(=O)C1(NC(=O)OCC2c3ccccc3-c3ccccc32)CC1)C(=O)O. The van der Waals surface area contributed by atoms with Crippen LogP contribution < -0.4 is 10.6 Å². The zero-order chi connectivity index (χ0) is 23.6. The second-order valence-corrected chi connectivity index (χ2v) is 8.66. The number of hydrogen-bond donors (Lipinski definition) is 3. The summed E-state index contributed by atoms with van der Waals surface area (Å²) < 4.78 is 10.6. The monoisotopic (exact) mass is 452 g/mol. The maximum absolute atomic E-state index is 12.9. The first kappa shape index (κ1) is 22.8. The Hall–Kier alpha value is -3.39. The molecule has 0 aliphatic heterocycles. The van der Waals surface area contributed by atoms with Crippen LogP contribution in [0.5, 0.6) is 0 Å². The molecule has 1 fully saturated rings. The van der Waals surface area contributed by atoms with Gasteiger partial charge < -0.3 is 25.2 Å². The Balaban J connectivity index is 1.41. The maximum atomic E-state index is 12.9. The molecule has 1 unspecified atom stereocenters. The van der Waals surface area contributed by atoms with Crippen molar-refractivity contribution in [2.45, 2.75) is 43.2 Å². The molecule has 0 aromatic heterocycles. The van der Waals surface area contributed by atoms with Crippen LogP contribution in [0.1, 0.15) is 43.2 Å². The van der Waals surface area contributed by atoms with E-state index in [4.69, 9.17) is 9.47 Å². The molecule has 0 spiro atoms. The molecule has 2 aliphatic rings. The number of carbonyl (C=O) groups excluding carboxylic acids is 2. The Bertz CT molecular complexity index is 1030. The highest BCUT2D eigenvalue weighted by molar-refractivity contribution is 5.96. The van der Waals surface area contributed by atoms with Crippen LogP contribution in [0.4, 0.5) is 4.79 Å². The maximum Gasteiger partial charge on any atom is 0.408 e. The van der Waals surface area contributed by atoms with Crippen molar-refractivity contribution in [1.82, 2.24) is 10.6 Å². The molecule has 0 heterocycles. The molecule has 8 heteroatoms. The number of methoxy groups -OCH3 is 1. The first-order valence-corrected chi connectivity index (χ1v) is 11.0. The van der Waals surface area contributed by atoms with Crippen molar-refractivity contribution < 1.29 is 29.0 Å². The van der Waals surface area contributed by atoms with Crippen molar-refractivity contribution in [1.29, 1.82) is 0 Å². The molecule has 1 saturated carbocycles. The van der Waals surface area contributed by atoms with E-state index in [1.165, 1.54) is 7.11 Å². The van der Waals surface area contributed by atoms with Gasteiger partial charge >= 0.3 is 12.1 Å². The van der Waals surface area contributed by atoms with E-state index in [1.807, 2.05) is 36.4 Å². The number of carbonyl (C=O) groups is 3. The minimum absolute atomic E-state index is 0.0893. The van der Waals surface area contributed by atoms with Crippen LogP contribution in [0.3, 0.4) is 0 Å². The fourth-order valence-corrected chi connectivity index (χ4v) is 4.44. The summed E-state index contributed by atoms with van der Waals surface area (Å²) in [6.45, 7) is 1.62. The molecule has 1 atom stereocenters. The van der Waals surface area contributed by atoms with E-state index in [-0.39, 0.29) is 25.6 Å². The van der Waals surface area contributed by atoms with E-state index in [0.717, 1.165) is 22.3 Å². The van der Waals surface area contributed by atoms with Gasteiger partial charge in [-0.3, -0.25) is 4.79 Å². The Morgan fingerprint density at radius 1 is 1.06 bits per heavy atom. The highest BCUT2D eigenvalue weighted by Crippen LogP contribution is 2.44. The number of alkyl carbamates (subject to hydrolysis) is 1. The molecule has 4 rings (SSSR count). The third-order valence-corrected chi connectivity index (χ3v) is 6.63. The number of carboxylic acids is 1. The predicted molar refractivity (Wildman–Crippen MR) is 121 cm³/mol. The third-order valence-electron chi connectivity index (χ3n) is 6.63. The lowest BCUT2D eigenvalue weighted by atomic mass is 9.96. The highest BCUT2D eigenvalue weighted by Gasteiger charge is 2.54. The lowest BCUT2D eigenvalue weighted by Crippen LogP contribution is -2.62. The average molecular weight is 453 g/mol. The Labute approximate surface area is 192 Å². The number of hydrogen-bond acceptors (Lipinski definition) is 5. The molecule has 2 aromatic rings. The quantitative estimate of drug-likeness (QED) is 0.539. The molecule has 8 nitrogen and oxygen atoms in total. The molecule has 0 bridgehead atoms. The summed E-state index contributed by atoms with van der Waals surface area (Å²) in [5.74, 6) is -1.82. The summed E-state index contributed by atoms with van der Waals surface area (Å²) in [4.78, 5) is 37.3. The van der Waals surface area contributed by atoms with Crippen molar-refractivity contribution in [2.24, 2.45) is 0 Å². The summed E-state index contributed by atoms with van der Waals surface area (Å²) in [5.41, 5.74) is 1.74. The molecule has 0 radical (unpaired) electrons. The zero-order valence-electron chi connectivity index (χ0n) is 18.7. The Morgan fingerprint density at radius 3 is 2.12 bits per heavy atom. The van der Waals surface area contributed by atoms with Gasteiger partial charge in [0.2, 0.25) is 5.91 Å². The largest absolute Gasteiger partial charge is 0.479 e. The van der Waals surface area contributed by atoms with Crippen LogP contribution in [0.15, 0.2) is 48.5 Å².